The van der Waals surface area contributed by atoms with Gasteiger partial charge in [0.25, 0.3) is 0 Å². The minimum atomic E-state index is -0.795. The first-order chi connectivity index (χ1) is 8.31. The fraction of sp³-hybridized carbons (Fsp3) is 0.923. The summed E-state index contributed by atoms with van der Waals surface area (Å²) in [6, 6.07) is 0. The van der Waals surface area contributed by atoms with Gasteiger partial charge in [0.1, 0.15) is 5.54 Å². The third-order valence-corrected chi connectivity index (χ3v) is 3.18. The maximum Gasteiger partial charge on any atom is 0.323 e. The molecule has 0 aliphatic heterocycles. The van der Waals surface area contributed by atoms with Gasteiger partial charge in [-0.1, -0.05) is 6.92 Å². The molecule has 5 nitrogen and oxygen atoms in total. The highest BCUT2D eigenvalue weighted by Gasteiger charge is 2.31. The summed E-state index contributed by atoms with van der Waals surface area (Å²) in [6.07, 6.45) is 1.54. The van der Waals surface area contributed by atoms with E-state index in [1.165, 1.54) is 0 Å². The number of nitrogens with zero attached hydrogens (tertiary/aromatic N) is 2. The van der Waals surface area contributed by atoms with Gasteiger partial charge in [0.15, 0.2) is 0 Å². The Morgan fingerprint density at radius 1 is 1.22 bits per heavy atom. The van der Waals surface area contributed by atoms with Crippen molar-refractivity contribution < 1.29 is 9.90 Å². The Morgan fingerprint density at radius 3 is 2.28 bits per heavy atom. The van der Waals surface area contributed by atoms with E-state index in [9.17, 15) is 9.90 Å². The Kier molecular flexibility index (Phi) is 8.15. The molecule has 0 bridgehead atoms. The maximum atomic E-state index is 11.2. The largest absolute Gasteiger partial charge is 0.480 e. The number of carboxylic acids is 1. The Hall–Kier alpha value is -0.650. The van der Waals surface area contributed by atoms with Gasteiger partial charge in [0.2, 0.25) is 0 Å². The van der Waals surface area contributed by atoms with Crippen LogP contribution in [-0.4, -0.2) is 73.7 Å². The Balaban J connectivity index is 3.96. The molecule has 18 heavy (non-hydrogen) atoms. The third kappa shape index (κ3) is 6.93. The molecule has 0 radical (unpaired) electrons. The first-order valence-electron chi connectivity index (χ1n) is 6.63. The zero-order valence-corrected chi connectivity index (χ0v) is 12.5. The highest BCUT2D eigenvalue weighted by molar-refractivity contribution is 5.78. The quantitative estimate of drug-likeness (QED) is 0.605. The number of carboxylic acid groups (broad SMARTS) is 1. The summed E-state index contributed by atoms with van der Waals surface area (Å²) in [5, 5.41) is 12.3. The molecule has 0 saturated carbocycles. The lowest BCUT2D eigenvalue weighted by Gasteiger charge is -2.27. The first kappa shape index (κ1) is 17.4. The van der Waals surface area contributed by atoms with Gasteiger partial charge in [0.05, 0.1) is 0 Å². The van der Waals surface area contributed by atoms with Crippen LogP contribution in [0.25, 0.3) is 0 Å². The second kappa shape index (κ2) is 8.45. The van der Waals surface area contributed by atoms with Crippen LogP contribution < -0.4 is 5.32 Å². The number of aliphatic carboxylic acids is 1. The van der Waals surface area contributed by atoms with E-state index in [0.29, 0.717) is 13.0 Å². The van der Waals surface area contributed by atoms with Crippen molar-refractivity contribution in [1.29, 1.82) is 0 Å². The van der Waals surface area contributed by atoms with Crippen LogP contribution in [0, 0.1) is 0 Å². The van der Waals surface area contributed by atoms with Gasteiger partial charge in [-0.25, -0.2) is 0 Å². The molecule has 0 fully saturated rings. The van der Waals surface area contributed by atoms with Crippen LogP contribution in [-0.2, 0) is 4.79 Å². The van der Waals surface area contributed by atoms with Crippen molar-refractivity contribution in [1.82, 2.24) is 15.1 Å². The summed E-state index contributed by atoms with van der Waals surface area (Å²) in [4.78, 5) is 15.6. The summed E-state index contributed by atoms with van der Waals surface area (Å²) in [7, 11) is 6.19. The van der Waals surface area contributed by atoms with Crippen molar-refractivity contribution in [3.05, 3.63) is 0 Å². The van der Waals surface area contributed by atoms with Gasteiger partial charge >= 0.3 is 5.97 Å². The molecule has 1 unspecified atom stereocenters. The van der Waals surface area contributed by atoms with Crippen molar-refractivity contribution in [3.63, 3.8) is 0 Å². The molecular formula is C13H29N3O2. The van der Waals surface area contributed by atoms with Gasteiger partial charge in [-0.15, -0.1) is 0 Å². The minimum absolute atomic E-state index is 0.655. The first-order valence-corrected chi connectivity index (χ1v) is 6.63. The number of hydrogen-bond acceptors (Lipinski definition) is 4. The third-order valence-electron chi connectivity index (χ3n) is 3.18. The lowest BCUT2D eigenvalue weighted by Crippen LogP contribution is -2.49. The van der Waals surface area contributed by atoms with E-state index in [0.717, 1.165) is 26.1 Å². The van der Waals surface area contributed by atoms with Crippen molar-refractivity contribution in [2.45, 2.75) is 32.2 Å². The molecule has 0 heterocycles. The van der Waals surface area contributed by atoms with E-state index < -0.39 is 11.5 Å². The highest BCUT2D eigenvalue weighted by atomic mass is 16.4. The number of rotatable bonds is 10. The van der Waals surface area contributed by atoms with E-state index in [-0.39, 0.29) is 0 Å². The average Bonchev–Trinajstić information content (AvgIpc) is 2.26. The maximum absolute atomic E-state index is 11.2. The minimum Gasteiger partial charge on any atom is -0.480 e. The SMILES string of the molecule is CCNC(C)(CCCN(C)CCN(C)C)C(=O)O. The molecule has 0 aliphatic carbocycles. The molecule has 0 aromatic heterocycles. The fourth-order valence-corrected chi connectivity index (χ4v) is 1.85. The van der Waals surface area contributed by atoms with Gasteiger partial charge in [-0.3, -0.25) is 4.79 Å². The predicted molar refractivity (Wildman–Crippen MR) is 75.0 cm³/mol. The number of carbonyl (C=O) groups is 1. The van der Waals surface area contributed by atoms with Crippen LogP contribution >= 0.6 is 0 Å². The Labute approximate surface area is 111 Å². The van der Waals surface area contributed by atoms with Crippen molar-refractivity contribution in [3.8, 4) is 0 Å². The second-order valence-corrected chi connectivity index (χ2v) is 5.38. The van der Waals surface area contributed by atoms with Crippen LogP contribution in [0.5, 0.6) is 0 Å². The van der Waals surface area contributed by atoms with Crippen LogP contribution in [0.2, 0.25) is 0 Å². The van der Waals surface area contributed by atoms with Crippen molar-refractivity contribution in [2.75, 3.05) is 47.3 Å². The van der Waals surface area contributed by atoms with E-state index >= 15 is 0 Å². The monoisotopic (exact) mass is 259 g/mol. The molecule has 5 heteroatoms. The van der Waals surface area contributed by atoms with E-state index in [1.807, 2.05) is 6.92 Å². The molecule has 0 rings (SSSR count). The van der Waals surface area contributed by atoms with Crippen LogP contribution in [0.1, 0.15) is 26.7 Å². The van der Waals surface area contributed by atoms with Crippen LogP contribution in [0.15, 0.2) is 0 Å². The zero-order valence-electron chi connectivity index (χ0n) is 12.5. The van der Waals surface area contributed by atoms with Gasteiger partial charge in [-0.05, 0) is 54.0 Å². The summed E-state index contributed by atoms with van der Waals surface area (Å²) in [6.45, 7) is 7.35. The Morgan fingerprint density at radius 2 is 1.83 bits per heavy atom. The van der Waals surface area contributed by atoms with Crippen LogP contribution in [0.3, 0.4) is 0 Å². The fourth-order valence-electron chi connectivity index (χ4n) is 1.85. The lowest BCUT2D eigenvalue weighted by atomic mass is 9.96. The van der Waals surface area contributed by atoms with Gasteiger partial charge in [-0.2, -0.15) is 0 Å². The summed E-state index contributed by atoms with van der Waals surface area (Å²) in [5.74, 6) is -0.764. The van der Waals surface area contributed by atoms with Crippen molar-refractivity contribution >= 4 is 5.97 Å². The normalized spacial score (nSPS) is 15.1. The average molecular weight is 259 g/mol. The predicted octanol–water partition coefficient (Wildman–Crippen LogP) is 0.713. The zero-order chi connectivity index (χ0) is 14.2. The highest BCUT2D eigenvalue weighted by Crippen LogP contribution is 2.13. The lowest BCUT2D eigenvalue weighted by molar-refractivity contribution is -0.144. The second-order valence-electron chi connectivity index (χ2n) is 5.38. The standard InChI is InChI=1S/C13H29N3O2/c1-6-14-13(2,12(17)18)8-7-9-16(5)11-10-15(3)4/h14H,6-11H2,1-5H3,(H,17,18). The summed E-state index contributed by atoms with van der Waals surface area (Å²) in [5.41, 5.74) is -0.795. The van der Waals surface area contributed by atoms with E-state index in [1.54, 1.807) is 6.92 Å². The molecule has 0 aromatic rings. The number of hydrogen-bond donors (Lipinski definition) is 2. The molecule has 0 aromatic carbocycles. The molecule has 108 valence electrons. The summed E-state index contributed by atoms with van der Waals surface area (Å²) >= 11 is 0. The molecule has 0 amide bonds. The Bertz CT molecular complexity index is 246. The summed E-state index contributed by atoms with van der Waals surface area (Å²) < 4.78 is 0. The topological polar surface area (TPSA) is 55.8 Å². The molecule has 2 N–H and O–H groups in total. The smallest absolute Gasteiger partial charge is 0.323 e. The molecular weight excluding hydrogens is 230 g/mol. The number of nitrogens with one attached hydrogen (secondary N) is 1. The molecule has 0 spiro atoms. The molecule has 0 aliphatic rings. The van der Waals surface area contributed by atoms with E-state index in [2.05, 4.69) is 36.3 Å². The number of likely N-dealkylation sites (N-methyl/N-ethyl adjacent to an activating group) is 3. The van der Waals surface area contributed by atoms with Crippen molar-refractivity contribution in [2.24, 2.45) is 0 Å². The van der Waals surface area contributed by atoms with E-state index in [4.69, 9.17) is 0 Å². The van der Waals surface area contributed by atoms with Gasteiger partial charge in [0, 0.05) is 13.1 Å². The van der Waals surface area contributed by atoms with Gasteiger partial charge < -0.3 is 20.2 Å². The van der Waals surface area contributed by atoms with Crippen LogP contribution in [0.4, 0.5) is 0 Å². The molecule has 0 saturated heterocycles. The molecule has 1 atom stereocenters.